The number of hydrogen-bond acceptors (Lipinski definition) is 15. The number of carbonyl (C=O) groups is 4. The van der Waals surface area contributed by atoms with Crippen molar-refractivity contribution < 1.29 is 80.2 Å². The molecule has 0 aromatic carbocycles. The van der Waals surface area contributed by atoms with E-state index < -0.39 is 97.5 Å². The minimum atomic E-state index is -4.96. The summed E-state index contributed by atoms with van der Waals surface area (Å²) in [5.41, 5.74) is 0. The van der Waals surface area contributed by atoms with Crippen LogP contribution in [0.1, 0.15) is 434 Å². The lowest BCUT2D eigenvalue weighted by Gasteiger charge is -2.21. The molecule has 0 saturated carbocycles. The fraction of sp³-hybridized carbons (Fsp3) is 0.952. The van der Waals surface area contributed by atoms with Gasteiger partial charge in [0.2, 0.25) is 0 Å². The number of unbranched alkanes of at least 4 members (excludes halogenated alkanes) is 48. The first-order valence-corrected chi connectivity index (χ1v) is 45.9. The second kappa shape index (κ2) is 73.2. The molecule has 0 saturated heterocycles. The molecule has 0 aromatic heterocycles. The zero-order chi connectivity index (χ0) is 75.1. The number of ether oxygens (including phenoxy) is 4. The highest BCUT2D eigenvalue weighted by Gasteiger charge is 2.30. The largest absolute Gasteiger partial charge is 0.472 e. The molecule has 0 aliphatic heterocycles. The van der Waals surface area contributed by atoms with E-state index in [1.807, 2.05) is 0 Å². The summed E-state index contributed by atoms with van der Waals surface area (Å²) in [5.74, 6) is 0.237. The third-order valence-corrected chi connectivity index (χ3v) is 21.6. The minimum absolute atomic E-state index is 0.106. The number of carbonyl (C=O) groups excluding carboxylic acids is 4. The Morgan fingerprint density at radius 3 is 0.745 bits per heavy atom. The topological polar surface area (TPSA) is 237 Å². The van der Waals surface area contributed by atoms with Crippen molar-refractivity contribution in [3.8, 4) is 0 Å². The summed E-state index contributed by atoms with van der Waals surface area (Å²) in [6.07, 6.45) is 62.3. The van der Waals surface area contributed by atoms with Crippen molar-refractivity contribution in [2.24, 2.45) is 17.8 Å². The van der Waals surface area contributed by atoms with Gasteiger partial charge < -0.3 is 33.8 Å². The van der Waals surface area contributed by atoms with Crippen molar-refractivity contribution in [1.82, 2.24) is 0 Å². The molecule has 3 N–H and O–H groups in total. The van der Waals surface area contributed by atoms with E-state index in [0.717, 1.165) is 108 Å². The Bertz CT molecular complexity index is 1980. The van der Waals surface area contributed by atoms with E-state index in [9.17, 15) is 43.2 Å². The Morgan fingerprint density at radius 1 is 0.284 bits per heavy atom. The van der Waals surface area contributed by atoms with E-state index in [1.165, 1.54) is 244 Å². The molecule has 0 fully saturated rings. The first kappa shape index (κ1) is 100. The molecule has 17 nitrogen and oxygen atoms in total. The molecule has 0 bridgehead atoms. The maximum atomic E-state index is 13.1. The third kappa shape index (κ3) is 74.9. The standard InChI is InChI=1S/C83H162O17P2/c1-8-10-11-12-13-14-15-16-17-18-19-20-21-24-31-36-45-52-59-66-82(87)99-78(70-93-80(85)64-57-50-43-35-30-25-22-23-28-33-40-47-54-61-74(3)4)72-97-101(89,90)95-68-77(84)69-96-102(91,92)98-73-79(71-94-81(86)65-58-51-44-39-38-42-49-56-63-76(7)9-2)100-83(88)67-60-53-46-37-32-27-26-29-34-41-48-55-62-75(5)6/h74-79,84H,8-73H2,1-7H3,(H,89,90)(H,91,92)/t76?,77-,78-,79-/m1/s1. The van der Waals surface area contributed by atoms with Gasteiger partial charge in [-0.3, -0.25) is 37.3 Å². The predicted molar refractivity (Wildman–Crippen MR) is 418 cm³/mol. The van der Waals surface area contributed by atoms with Crippen molar-refractivity contribution in [2.75, 3.05) is 39.6 Å². The lowest BCUT2D eigenvalue weighted by Crippen LogP contribution is -2.30. The van der Waals surface area contributed by atoms with Crippen LogP contribution in [-0.2, 0) is 65.4 Å². The van der Waals surface area contributed by atoms with Crippen LogP contribution in [0, 0.1) is 17.8 Å². The zero-order valence-corrected chi connectivity index (χ0v) is 68.9. The maximum absolute atomic E-state index is 13.1. The number of rotatable bonds is 81. The Balaban J connectivity index is 5.27. The van der Waals surface area contributed by atoms with Crippen molar-refractivity contribution in [1.29, 1.82) is 0 Å². The lowest BCUT2D eigenvalue weighted by atomic mass is 9.99. The second-order valence-electron chi connectivity index (χ2n) is 31.1. The van der Waals surface area contributed by atoms with Crippen molar-refractivity contribution in [3.63, 3.8) is 0 Å². The fourth-order valence-electron chi connectivity index (χ4n) is 12.8. The number of esters is 4. The third-order valence-electron chi connectivity index (χ3n) is 19.7. The lowest BCUT2D eigenvalue weighted by molar-refractivity contribution is -0.161. The zero-order valence-electron chi connectivity index (χ0n) is 67.1. The molecule has 6 atom stereocenters. The Hall–Kier alpha value is -1.94. The highest BCUT2D eigenvalue weighted by Crippen LogP contribution is 2.45. The summed E-state index contributed by atoms with van der Waals surface area (Å²) in [5, 5.41) is 10.7. The van der Waals surface area contributed by atoms with Gasteiger partial charge in [-0.05, 0) is 43.4 Å². The molecule has 0 spiro atoms. The SMILES string of the molecule is CCCCCCCCCCCCCCCCCCCCCC(=O)O[C@H](COC(=O)CCCCCCCCCCCCCCCC(C)C)COP(=O)(O)OC[C@@H](O)COP(=O)(O)OC[C@@H](COC(=O)CCCCCCCCCCC(C)CC)OC(=O)CCCCCCCCCCCCCCC(C)C. The van der Waals surface area contributed by atoms with E-state index >= 15 is 0 Å². The second-order valence-corrected chi connectivity index (χ2v) is 34.0. The average Bonchev–Trinajstić information content (AvgIpc) is 1.03. The van der Waals surface area contributed by atoms with E-state index in [2.05, 4.69) is 48.5 Å². The van der Waals surface area contributed by atoms with Gasteiger partial charge in [-0.25, -0.2) is 9.13 Å². The summed E-state index contributed by atoms with van der Waals surface area (Å²) in [6.45, 7) is 12.0. The van der Waals surface area contributed by atoms with Crippen LogP contribution in [0.25, 0.3) is 0 Å². The summed E-state index contributed by atoms with van der Waals surface area (Å²) < 4.78 is 68.8. The Morgan fingerprint density at radius 2 is 0.500 bits per heavy atom. The van der Waals surface area contributed by atoms with E-state index in [0.29, 0.717) is 25.7 Å². The first-order chi connectivity index (χ1) is 49.3. The van der Waals surface area contributed by atoms with Crippen LogP contribution in [0.4, 0.5) is 0 Å². The monoisotopic (exact) mass is 1490 g/mol. The Kier molecular flexibility index (Phi) is 71.8. The van der Waals surface area contributed by atoms with Crippen LogP contribution >= 0.6 is 15.6 Å². The molecule has 0 aromatic rings. The molecule has 0 radical (unpaired) electrons. The molecule has 0 heterocycles. The van der Waals surface area contributed by atoms with Gasteiger partial charge in [0.15, 0.2) is 12.2 Å². The highest BCUT2D eigenvalue weighted by molar-refractivity contribution is 7.47. The first-order valence-electron chi connectivity index (χ1n) is 42.9. The van der Waals surface area contributed by atoms with Crippen molar-refractivity contribution in [3.05, 3.63) is 0 Å². The molecule has 102 heavy (non-hydrogen) atoms. The molecular formula is C83H162O17P2. The van der Waals surface area contributed by atoms with Crippen LogP contribution in [-0.4, -0.2) is 96.7 Å². The molecule has 19 heteroatoms. The van der Waals surface area contributed by atoms with Gasteiger partial charge in [0, 0.05) is 25.7 Å². The quantitative estimate of drug-likeness (QED) is 0.0222. The number of phosphoric acid groups is 2. The Labute approximate surface area is 626 Å². The van der Waals surface area contributed by atoms with Gasteiger partial charge in [0.1, 0.15) is 19.3 Å². The highest BCUT2D eigenvalue weighted by atomic mass is 31.2. The molecule has 0 aliphatic rings. The van der Waals surface area contributed by atoms with Gasteiger partial charge in [0.05, 0.1) is 26.4 Å². The van der Waals surface area contributed by atoms with Crippen LogP contribution in [0.5, 0.6) is 0 Å². The van der Waals surface area contributed by atoms with Crippen LogP contribution < -0.4 is 0 Å². The molecule has 0 rings (SSSR count). The number of phosphoric ester groups is 2. The smallest absolute Gasteiger partial charge is 0.462 e. The average molecular weight is 1490 g/mol. The molecule has 3 unspecified atom stereocenters. The van der Waals surface area contributed by atoms with E-state index in [1.54, 1.807) is 0 Å². The summed E-state index contributed by atoms with van der Waals surface area (Å²) in [4.78, 5) is 73.2. The van der Waals surface area contributed by atoms with Crippen LogP contribution in [0.2, 0.25) is 0 Å². The van der Waals surface area contributed by atoms with Gasteiger partial charge in [-0.15, -0.1) is 0 Å². The number of aliphatic hydroxyl groups excluding tert-OH is 1. The molecule has 0 aliphatic carbocycles. The van der Waals surface area contributed by atoms with E-state index in [4.69, 9.17) is 37.0 Å². The molecular weight excluding hydrogens is 1330 g/mol. The van der Waals surface area contributed by atoms with Gasteiger partial charge in [-0.2, -0.15) is 0 Å². The van der Waals surface area contributed by atoms with Gasteiger partial charge in [-0.1, -0.05) is 382 Å². The van der Waals surface area contributed by atoms with Crippen molar-refractivity contribution in [2.45, 2.75) is 452 Å². The van der Waals surface area contributed by atoms with Gasteiger partial charge >= 0.3 is 39.5 Å². The van der Waals surface area contributed by atoms with Gasteiger partial charge in [0.25, 0.3) is 0 Å². The summed E-state index contributed by atoms with van der Waals surface area (Å²) in [7, 11) is -9.93. The normalized spacial score (nSPS) is 14.2. The summed E-state index contributed by atoms with van der Waals surface area (Å²) in [6, 6.07) is 0. The predicted octanol–water partition coefficient (Wildman–Crippen LogP) is 24.9. The summed E-state index contributed by atoms with van der Waals surface area (Å²) >= 11 is 0. The maximum Gasteiger partial charge on any atom is 0.472 e. The number of aliphatic hydroxyl groups is 1. The van der Waals surface area contributed by atoms with Crippen LogP contribution in [0.3, 0.4) is 0 Å². The minimum Gasteiger partial charge on any atom is -0.462 e. The van der Waals surface area contributed by atoms with Crippen molar-refractivity contribution >= 4 is 39.5 Å². The van der Waals surface area contributed by atoms with Crippen LogP contribution in [0.15, 0.2) is 0 Å². The fourth-order valence-corrected chi connectivity index (χ4v) is 14.4. The van der Waals surface area contributed by atoms with E-state index in [-0.39, 0.29) is 25.7 Å². The number of hydrogen-bond donors (Lipinski definition) is 3. The molecule has 606 valence electrons. The molecule has 0 amide bonds.